The lowest BCUT2D eigenvalue weighted by atomic mass is 9.95. The fourth-order valence-electron chi connectivity index (χ4n) is 1.34. The van der Waals surface area contributed by atoms with E-state index in [2.05, 4.69) is 15.5 Å². The van der Waals surface area contributed by atoms with Crippen molar-refractivity contribution in [2.75, 3.05) is 6.54 Å². The van der Waals surface area contributed by atoms with Gasteiger partial charge in [-0.3, -0.25) is 9.59 Å². The number of aryl methyl sites for hydroxylation is 1. The Labute approximate surface area is 105 Å². The van der Waals surface area contributed by atoms with Crippen LogP contribution < -0.4 is 5.32 Å². The van der Waals surface area contributed by atoms with E-state index >= 15 is 0 Å². The van der Waals surface area contributed by atoms with Gasteiger partial charge in [0.05, 0.1) is 5.92 Å². The maximum absolute atomic E-state index is 11.6. The molecule has 0 aliphatic heterocycles. The Balaban J connectivity index is 2.35. The van der Waals surface area contributed by atoms with Crippen LogP contribution in [0.5, 0.6) is 0 Å². The third-order valence-electron chi connectivity index (χ3n) is 2.76. The standard InChI is InChI=1S/C11H17N3O4/c1-6(7(2)11(16)17)10(15)12-5-4-9-13-8(3)14-18-9/h6-7H,4-5H2,1-3H3,(H,12,15)(H,16,17). The van der Waals surface area contributed by atoms with Gasteiger partial charge in [-0.1, -0.05) is 19.0 Å². The van der Waals surface area contributed by atoms with Crippen LogP contribution in [0, 0.1) is 18.8 Å². The average Bonchev–Trinajstić information content (AvgIpc) is 2.72. The minimum absolute atomic E-state index is 0.291. The molecule has 1 aromatic heterocycles. The summed E-state index contributed by atoms with van der Waals surface area (Å²) >= 11 is 0. The van der Waals surface area contributed by atoms with E-state index in [9.17, 15) is 9.59 Å². The number of carboxylic acids is 1. The lowest BCUT2D eigenvalue weighted by molar-refractivity contribution is -0.146. The molecule has 0 aliphatic rings. The van der Waals surface area contributed by atoms with Crippen molar-refractivity contribution in [1.29, 1.82) is 0 Å². The van der Waals surface area contributed by atoms with Gasteiger partial charge in [-0.05, 0) is 6.92 Å². The first-order valence-electron chi connectivity index (χ1n) is 5.71. The highest BCUT2D eigenvalue weighted by atomic mass is 16.5. The summed E-state index contributed by atoms with van der Waals surface area (Å²) in [4.78, 5) is 26.4. The number of aromatic nitrogens is 2. The molecule has 1 amide bonds. The SMILES string of the molecule is Cc1noc(CCNC(=O)C(C)C(C)C(=O)O)n1. The molecular formula is C11H17N3O4. The Bertz CT molecular complexity index is 430. The smallest absolute Gasteiger partial charge is 0.307 e. The maximum Gasteiger partial charge on any atom is 0.307 e. The van der Waals surface area contributed by atoms with E-state index < -0.39 is 17.8 Å². The quantitative estimate of drug-likeness (QED) is 0.762. The molecule has 0 aliphatic carbocycles. The highest BCUT2D eigenvalue weighted by Crippen LogP contribution is 2.10. The molecule has 1 heterocycles. The van der Waals surface area contributed by atoms with E-state index in [-0.39, 0.29) is 5.91 Å². The Kier molecular flexibility index (Phi) is 4.82. The zero-order chi connectivity index (χ0) is 13.7. The maximum atomic E-state index is 11.6. The molecule has 1 rings (SSSR count). The number of nitrogens with one attached hydrogen (secondary N) is 1. The number of carbonyl (C=O) groups is 2. The number of rotatable bonds is 6. The molecule has 0 radical (unpaired) electrons. The minimum atomic E-state index is -0.981. The average molecular weight is 255 g/mol. The summed E-state index contributed by atoms with van der Waals surface area (Å²) in [5.41, 5.74) is 0. The van der Waals surface area contributed by atoms with Gasteiger partial charge in [0, 0.05) is 18.9 Å². The topological polar surface area (TPSA) is 105 Å². The van der Waals surface area contributed by atoms with Gasteiger partial charge < -0.3 is 14.9 Å². The van der Waals surface area contributed by atoms with Crippen LogP contribution in [0.15, 0.2) is 4.52 Å². The number of carbonyl (C=O) groups excluding carboxylic acids is 1. The number of hydrogen-bond acceptors (Lipinski definition) is 5. The van der Waals surface area contributed by atoms with E-state index in [0.29, 0.717) is 24.7 Å². The van der Waals surface area contributed by atoms with E-state index in [1.165, 1.54) is 6.92 Å². The van der Waals surface area contributed by atoms with Gasteiger partial charge in [-0.15, -0.1) is 0 Å². The predicted molar refractivity (Wildman–Crippen MR) is 61.7 cm³/mol. The van der Waals surface area contributed by atoms with Crippen molar-refractivity contribution in [1.82, 2.24) is 15.5 Å². The predicted octanol–water partition coefficient (Wildman–Crippen LogP) is 0.394. The Morgan fingerprint density at radius 1 is 1.39 bits per heavy atom. The molecule has 1 aromatic rings. The van der Waals surface area contributed by atoms with Crippen LogP contribution in [0.1, 0.15) is 25.6 Å². The van der Waals surface area contributed by atoms with Gasteiger partial charge in [-0.2, -0.15) is 4.98 Å². The highest BCUT2D eigenvalue weighted by molar-refractivity contribution is 5.84. The van der Waals surface area contributed by atoms with E-state index in [1.807, 2.05) is 0 Å². The van der Waals surface area contributed by atoms with Crippen molar-refractivity contribution in [3.05, 3.63) is 11.7 Å². The van der Waals surface area contributed by atoms with Crippen LogP contribution in [-0.4, -0.2) is 33.7 Å². The van der Waals surface area contributed by atoms with Crippen molar-refractivity contribution in [3.8, 4) is 0 Å². The third-order valence-corrected chi connectivity index (χ3v) is 2.76. The molecule has 7 nitrogen and oxygen atoms in total. The molecule has 0 saturated heterocycles. The summed E-state index contributed by atoms with van der Waals surface area (Å²) in [6.45, 7) is 5.15. The summed E-state index contributed by atoms with van der Waals surface area (Å²) in [6.07, 6.45) is 0.431. The number of amides is 1. The van der Waals surface area contributed by atoms with Crippen LogP contribution >= 0.6 is 0 Å². The van der Waals surface area contributed by atoms with Gasteiger partial charge in [0.1, 0.15) is 0 Å². The molecule has 2 unspecified atom stereocenters. The molecular weight excluding hydrogens is 238 g/mol. The zero-order valence-electron chi connectivity index (χ0n) is 10.6. The van der Waals surface area contributed by atoms with E-state index in [1.54, 1.807) is 13.8 Å². The molecule has 0 spiro atoms. The Hall–Kier alpha value is -1.92. The van der Waals surface area contributed by atoms with Gasteiger partial charge in [0.15, 0.2) is 5.82 Å². The third kappa shape index (κ3) is 3.83. The summed E-state index contributed by atoms with van der Waals surface area (Å²) < 4.78 is 4.89. The molecule has 0 aromatic carbocycles. The van der Waals surface area contributed by atoms with Crippen molar-refractivity contribution in [2.24, 2.45) is 11.8 Å². The van der Waals surface area contributed by atoms with Crippen molar-refractivity contribution in [2.45, 2.75) is 27.2 Å². The number of carboxylic acid groups (broad SMARTS) is 1. The zero-order valence-corrected chi connectivity index (χ0v) is 10.6. The largest absolute Gasteiger partial charge is 0.481 e. The second-order valence-electron chi connectivity index (χ2n) is 4.19. The van der Waals surface area contributed by atoms with Crippen LogP contribution in [0.25, 0.3) is 0 Å². The first-order valence-corrected chi connectivity index (χ1v) is 5.71. The van der Waals surface area contributed by atoms with E-state index in [0.717, 1.165) is 0 Å². The summed E-state index contributed by atoms with van der Waals surface area (Å²) in [7, 11) is 0. The summed E-state index contributed by atoms with van der Waals surface area (Å²) in [5, 5.41) is 15.1. The molecule has 18 heavy (non-hydrogen) atoms. The van der Waals surface area contributed by atoms with E-state index in [4.69, 9.17) is 9.63 Å². The van der Waals surface area contributed by atoms with Gasteiger partial charge >= 0.3 is 5.97 Å². The first kappa shape index (κ1) is 14.1. The molecule has 0 fully saturated rings. The minimum Gasteiger partial charge on any atom is -0.481 e. The lowest BCUT2D eigenvalue weighted by Crippen LogP contribution is -2.36. The second kappa shape index (κ2) is 6.13. The highest BCUT2D eigenvalue weighted by Gasteiger charge is 2.25. The van der Waals surface area contributed by atoms with Crippen LogP contribution in [0.4, 0.5) is 0 Å². The number of aliphatic carboxylic acids is 1. The van der Waals surface area contributed by atoms with Gasteiger partial charge in [0.25, 0.3) is 0 Å². The number of hydrogen-bond donors (Lipinski definition) is 2. The number of nitrogens with zero attached hydrogens (tertiary/aromatic N) is 2. The monoisotopic (exact) mass is 255 g/mol. The van der Waals surface area contributed by atoms with Crippen LogP contribution in [-0.2, 0) is 16.0 Å². The molecule has 0 bridgehead atoms. The fraction of sp³-hybridized carbons (Fsp3) is 0.636. The molecule has 2 atom stereocenters. The fourth-order valence-corrected chi connectivity index (χ4v) is 1.34. The second-order valence-corrected chi connectivity index (χ2v) is 4.19. The van der Waals surface area contributed by atoms with Crippen molar-refractivity contribution < 1.29 is 19.2 Å². The Morgan fingerprint density at radius 3 is 2.56 bits per heavy atom. The Morgan fingerprint density at radius 2 is 2.06 bits per heavy atom. The van der Waals surface area contributed by atoms with Crippen molar-refractivity contribution in [3.63, 3.8) is 0 Å². The molecule has 2 N–H and O–H groups in total. The molecule has 7 heteroatoms. The van der Waals surface area contributed by atoms with Crippen LogP contribution in [0.2, 0.25) is 0 Å². The van der Waals surface area contributed by atoms with Crippen LogP contribution in [0.3, 0.4) is 0 Å². The first-order chi connectivity index (χ1) is 8.41. The van der Waals surface area contributed by atoms with Crippen molar-refractivity contribution >= 4 is 11.9 Å². The lowest BCUT2D eigenvalue weighted by Gasteiger charge is -2.15. The van der Waals surface area contributed by atoms with Gasteiger partial charge in [-0.25, -0.2) is 0 Å². The summed E-state index contributed by atoms with van der Waals surface area (Å²) in [5.74, 6) is -1.56. The normalized spacial score (nSPS) is 13.9. The van der Waals surface area contributed by atoms with Gasteiger partial charge in [0.2, 0.25) is 11.8 Å². The summed E-state index contributed by atoms with van der Waals surface area (Å²) in [6, 6.07) is 0. The molecule has 0 saturated carbocycles. The molecule has 100 valence electrons.